The van der Waals surface area contributed by atoms with Crippen LogP contribution in [0, 0.1) is 17.0 Å². The summed E-state index contributed by atoms with van der Waals surface area (Å²) in [5.74, 6) is 0. The minimum atomic E-state index is -6.26. The van der Waals surface area contributed by atoms with Crippen LogP contribution in [0.3, 0.4) is 0 Å². The lowest BCUT2D eigenvalue weighted by atomic mass is 9.91. The molecular formula is C16H12F6N2O5S. The highest BCUT2D eigenvalue weighted by Gasteiger charge is 2.71. The topological polar surface area (TPSA) is 110 Å². The van der Waals surface area contributed by atoms with Crippen LogP contribution in [0.1, 0.15) is 11.1 Å². The Hall–Kier alpha value is -2.87. The molecule has 0 aromatic heterocycles. The van der Waals surface area contributed by atoms with Crippen LogP contribution >= 0.6 is 0 Å². The maximum Gasteiger partial charge on any atom is 0.430 e. The minimum Gasteiger partial charge on any atom is -0.369 e. The van der Waals surface area contributed by atoms with Crippen LogP contribution < -0.4 is 4.72 Å². The molecule has 0 saturated carbocycles. The van der Waals surface area contributed by atoms with Crippen molar-refractivity contribution in [3.63, 3.8) is 0 Å². The normalized spacial score (nSPS) is 13.2. The number of aryl methyl sites for hydroxylation is 1. The highest BCUT2D eigenvalue weighted by molar-refractivity contribution is 7.92. The van der Waals surface area contributed by atoms with Gasteiger partial charge in [-0.15, -0.1) is 0 Å². The number of nitro benzene ring substituents is 1. The van der Waals surface area contributed by atoms with Gasteiger partial charge in [-0.25, -0.2) is 8.42 Å². The van der Waals surface area contributed by atoms with Gasteiger partial charge >= 0.3 is 12.4 Å². The zero-order valence-corrected chi connectivity index (χ0v) is 15.6. The fourth-order valence-electron chi connectivity index (χ4n) is 2.40. The van der Waals surface area contributed by atoms with Crippen LogP contribution in [0.4, 0.5) is 37.7 Å². The summed E-state index contributed by atoms with van der Waals surface area (Å²) < 4.78 is 104. The Bertz CT molecular complexity index is 1050. The van der Waals surface area contributed by atoms with E-state index in [1.807, 2.05) is 0 Å². The summed E-state index contributed by atoms with van der Waals surface area (Å²) in [5, 5.41) is 20.6. The number of rotatable bonds is 5. The first-order valence-electron chi connectivity index (χ1n) is 7.75. The predicted molar refractivity (Wildman–Crippen MR) is 91.1 cm³/mol. The first-order valence-corrected chi connectivity index (χ1v) is 9.23. The quantitative estimate of drug-likeness (QED) is 0.400. The maximum absolute atomic E-state index is 13.0. The van der Waals surface area contributed by atoms with E-state index in [1.54, 1.807) is 11.6 Å². The van der Waals surface area contributed by atoms with Gasteiger partial charge < -0.3 is 5.11 Å². The fraction of sp³-hybridized carbons (Fsp3) is 0.250. The third-order valence-electron chi connectivity index (χ3n) is 4.01. The molecule has 2 rings (SSSR count). The van der Waals surface area contributed by atoms with Crippen LogP contribution in [0.15, 0.2) is 47.4 Å². The molecular weight excluding hydrogens is 446 g/mol. The lowest BCUT2D eigenvalue weighted by Gasteiger charge is -2.32. The van der Waals surface area contributed by atoms with Crippen molar-refractivity contribution in [3.05, 3.63) is 63.7 Å². The van der Waals surface area contributed by atoms with Crippen molar-refractivity contribution >= 4 is 21.4 Å². The van der Waals surface area contributed by atoms with E-state index in [1.165, 1.54) is 12.1 Å². The van der Waals surface area contributed by atoms with Crippen molar-refractivity contribution in [1.29, 1.82) is 0 Å². The standard InChI is InChI=1S/C16H12F6N2O5S/c1-9-2-5-11(6-3-9)30(28,29)23-12-7-4-10(8-13(12)24(26)27)14(25,15(17,18)19)16(20,21)22/h2-8,23,25H,1H3. The van der Waals surface area contributed by atoms with E-state index in [4.69, 9.17) is 0 Å². The fourth-order valence-corrected chi connectivity index (χ4v) is 3.48. The van der Waals surface area contributed by atoms with Crippen LogP contribution in [0.2, 0.25) is 0 Å². The molecule has 0 saturated heterocycles. The summed E-state index contributed by atoms with van der Waals surface area (Å²) in [6.45, 7) is 1.65. The van der Waals surface area contributed by atoms with Gasteiger partial charge in [0.25, 0.3) is 21.3 Å². The third kappa shape index (κ3) is 4.18. The van der Waals surface area contributed by atoms with Crippen molar-refractivity contribution in [3.8, 4) is 0 Å². The second-order valence-corrected chi connectivity index (χ2v) is 7.80. The van der Waals surface area contributed by atoms with Crippen molar-refractivity contribution in [2.45, 2.75) is 29.8 Å². The van der Waals surface area contributed by atoms with Gasteiger partial charge in [-0.05, 0) is 25.1 Å². The molecule has 0 fully saturated rings. The molecule has 30 heavy (non-hydrogen) atoms. The van der Waals surface area contributed by atoms with E-state index in [9.17, 15) is 50.0 Å². The zero-order chi connectivity index (χ0) is 23.1. The summed E-state index contributed by atoms with van der Waals surface area (Å²) in [5.41, 5.74) is -8.93. The molecule has 0 aliphatic heterocycles. The number of hydrogen-bond donors (Lipinski definition) is 2. The van der Waals surface area contributed by atoms with E-state index in [2.05, 4.69) is 0 Å². The van der Waals surface area contributed by atoms with Gasteiger partial charge in [0.2, 0.25) is 0 Å². The number of aliphatic hydroxyl groups is 1. The van der Waals surface area contributed by atoms with Crippen LogP contribution in [0.5, 0.6) is 0 Å². The molecule has 2 aromatic carbocycles. The molecule has 0 bridgehead atoms. The molecule has 0 radical (unpaired) electrons. The molecule has 2 aromatic rings. The van der Waals surface area contributed by atoms with Gasteiger partial charge in [0.1, 0.15) is 5.69 Å². The van der Waals surface area contributed by atoms with Crippen molar-refractivity contribution in [2.24, 2.45) is 0 Å². The molecule has 0 aliphatic rings. The van der Waals surface area contributed by atoms with E-state index < -0.39 is 49.8 Å². The van der Waals surface area contributed by atoms with Gasteiger partial charge in [0, 0.05) is 11.6 Å². The molecule has 0 aliphatic carbocycles. The predicted octanol–water partition coefficient (Wildman–Crippen LogP) is 4.02. The number of benzene rings is 2. The lowest BCUT2D eigenvalue weighted by molar-refractivity contribution is -0.386. The number of anilines is 1. The van der Waals surface area contributed by atoms with E-state index in [-0.39, 0.29) is 17.0 Å². The average molecular weight is 458 g/mol. The molecule has 2 N–H and O–H groups in total. The maximum atomic E-state index is 13.0. The smallest absolute Gasteiger partial charge is 0.369 e. The number of nitrogens with zero attached hydrogens (tertiary/aromatic N) is 1. The average Bonchev–Trinajstić information content (AvgIpc) is 2.59. The van der Waals surface area contributed by atoms with E-state index in [0.29, 0.717) is 11.6 Å². The minimum absolute atomic E-state index is 0.0982. The number of alkyl halides is 6. The number of sulfonamides is 1. The highest BCUT2D eigenvalue weighted by Crippen LogP contribution is 2.51. The number of hydrogen-bond acceptors (Lipinski definition) is 5. The van der Waals surface area contributed by atoms with Crippen LogP contribution in [-0.4, -0.2) is 30.8 Å². The Morgan fingerprint density at radius 2 is 1.47 bits per heavy atom. The molecule has 7 nitrogen and oxygen atoms in total. The number of nitrogens with one attached hydrogen (secondary N) is 1. The molecule has 14 heteroatoms. The Balaban J connectivity index is 2.60. The molecule has 164 valence electrons. The van der Waals surface area contributed by atoms with Crippen LogP contribution in [0.25, 0.3) is 0 Å². The third-order valence-corrected chi connectivity index (χ3v) is 5.39. The first kappa shape index (κ1) is 23.4. The summed E-state index contributed by atoms with van der Waals surface area (Å²) in [6.07, 6.45) is -12.5. The first-order chi connectivity index (χ1) is 13.5. The van der Waals surface area contributed by atoms with Crippen LogP contribution in [-0.2, 0) is 15.6 Å². The summed E-state index contributed by atoms with van der Waals surface area (Å²) in [7, 11) is -4.45. The Morgan fingerprint density at radius 1 is 0.967 bits per heavy atom. The van der Waals surface area contributed by atoms with Gasteiger partial charge in [0.05, 0.1) is 9.82 Å². The van der Waals surface area contributed by atoms with Gasteiger partial charge in [-0.1, -0.05) is 23.8 Å². The molecule has 0 heterocycles. The Kier molecular flexibility index (Phi) is 5.80. The molecule has 0 spiro atoms. The van der Waals surface area contributed by atoms with Crippen molar-refractivity contribution < 1.29 is 44.8 Å². The molecule has 0 unspecified atom stereocenters. The lowest BCUT2D eigenvalue weighted by Crippen LogP contribution is -2.53. The molecule has 0 amide bonds. The van der Waals surface area contributed by atoms with Crippen molar-refractivity contribution in [2.75, 3.05) is 4.72 Å². The summed E-state index contributed by atoms with van der Waals surface area (Å²) >= 11 is 0. The van der Waals surface area contributed by atoms with Gasteiger partial charge in [0.15, 0.2) is 0 Å². The Morgan fingerprint density at radius 3 is 1.90 bits per heavy atom. The van der Waals surface area contributed by atoms with Gasteiger partial charge in [-0.3, -0.25) is 14.8 Å². The number of halogens is 6. The van der Waals surface area contributed by atoms with Gasteiger partial charge in [-0.2, -0.15) is 26.3 Å². The van der Waals surface area contributed by atoms with E-state index >= 15 is 0 Å². The summed E-state index contributed by atoms with van der Waals surface area (Å²) in [6, 6.07) is 5.34. The number of nitro groups is 1. The zero-order valence-electron chi connectivity index (χ0n) is 14.7. The second kappa shape index (κ2) is 7.43. The molecule has 0 atom stereocenters. The highest BCUT2D eigenvalue weighted by atomic mass is 32.2. The SMILES string of the molecule is Cc1ccc(S(=O)(=O)Nc2ccc(C(O)(C(F)(F)F)C(F)(F)F)cc2[N+](=O)[O-])cc1. The summed E-state index contributed by atoms with van der Waals surface area (Å²) in [4.78, 5) is 9.46. The monoisotopic (exact) mass is 458 g/mol. The largest absolute Gasteiger partial charge is 0.430 e. The second-order valence-electron chi connectivity index (χ2n) is 6.11. The van der Waals surface area contributed by atoms with E-state index in [0.717, 1.165) is 12.1 Å². The Labute approximate surface area is 165 Å². The van der Waals surface area contributed by atoms with Crippen molar-refractivity contribution in [1.82, 2.24) is 0 Å².